The van der Waals surface area contributed by atoms with Crippen LogP contribution >= 0.6 is 0 Å². The van der Waals surface area contributed by atoms with E-state index in [1.807, 2.05) is 0 Å². The van der Waals surface area contributed by atoms with E-state index in [2.05, 4.69) is 10.2 Å². The van der Waals surface area contributed by atoms with Gasteiger partial charge in [-0.2, -0.15) is 0 Å². The van der Waals surface area contributed by atoms with Crippen molar-refractivity contribution in [2.75, 3.05) is 19.6 Å². The quantitative estimate of drug-likeness (QED) is 0.599. The summed E-state index contributed by atoms with van der Waals surface area (Å²) in [5.41, 5.74) is 0.185. The Hall–Kier alpha value is -0.570. The van der Waals surface area contributed by atoms with E-state index < -0.39 is 0 Å². The van der Waals surface area contributed by atoms with E-state index in [1.54, 1.807) is 6.92 Å². The van der Waals surface area contributed by atoms with Gasteiger partial charge in [-0.3, -0.25) is 4.79 Å². The van der Waals surface area contributed by atoms with E-state index in [0.29, 0.717) is 0 Å². The van der Waals surface area contributed by atoms with E-state index in [0.717, 1.165) is 26.1 Å². The lowest BCUT2D eigenvalue weighted by Gasteiger charge is -2.44. The molecule has 0 aromatic rings. The van der Waals surface area contributed by atoms with Crippen molar-refractivity contribution in [2.24, 2.45) is 0 Å². The van der Waals surface area contributed by atoms with Crippen LogP contribution in [0, 0.1) is 0 Å². The van der Waals surface area contributed by atoms with Gasteiger partial charge in [0.2, 0.25) is 5.91 Å². The van der Waals surface area contributed by atoms with Gasteiger partial charge in [-0.1, -0.05) is 0 Å². The average Bonchev–Trinajstić information content (AvgIpc) is 2.54. The maximum absolute atomic E-state index is 11.5. The second-order valence-electron chi connectivity index (χ2n) is 4.28. The third-order valence-corrected chi connectivity index (χ3v) is 3.45. The maximum atomic E-state index is 11.5. The van der Waals surface area contributed by atoms with Crippen molar-refractivity contribution in [1.82, 2.24) is 10.2 Å². The average molecular weight is 182 g/mol. The number of nitrogens with one attached hydrogen (secondary N) is 1. The summed E-state index contributed by atoms with van der Waals surface area (Å²) in [6.45, 7) is 4.75. The molecule has 74 valence electrons. The normalized spacial score (nSPS) is 34.1. The maximum Gasteiger partial charge on any atom is 0.219 e. The summed E-state index contributed by atoms with van der Waals surface area (Å²) in [6, 6.07) is 0. The Balaban J connectivity index is 2.16. The zero-order chi connectivity index (χ0) is 9.31. The van der Waals surface area contributed by atoms with E-state index in [9.17, 15) is 4.79 Å². The van der Waals surface area contributed by atoms with E-state index >= 15 is 0 Å². The highest BCUT2D eigenvalue weighted by Crippen LogP contribution is 2.33. The molecule has 1 N–H and O–H groups in total. The van der Waals surface area contributed by atoms with Gasteiger partial charge in [0.15, 0.2) is 0 Å². The second kappa shape index (κ2) is 3.29. The molecule has 0 saturated carbocycles. The highest BCUT2D eigenvalue weighted by molar-refractivity contribution is 5.74. The standard InChI is InChI=1S/C10H18N2O/c1-9(13)12-7-3-2-4-10(12)5-6-11-8-10/h11H,2-8H2,1H3/t10-/m0/s1. The summed E-state index contributed by atoms with van der Waals surface area (Å²) in [6.07, 6.45) is 4.80. The molecule has 0 bridgehead atoms. The molecule has 3 heteroatoms. The molecule has 2 aliphatic rings. The highest BCUT2D eigenvalue weighted by Gasteiger charge is 2.42. The molecule has 2 rings (SSSR count). The summed E-state index contributed by atoms with van der Waals surface area (Å²) in [5, 5.41) is 3.37. The van der Waals surface area contributed by atoms with Gasteiger partial charge in [0.25, 0.3) is 0 Å². The number of piperidine rings is 1. The molecule has 0 radical (unpaired) electrons. The van der Waals surface area contributed by atoms with E-state index in [4.69, 9.17) is 0 Å². The number of likely N-dealkylation sites (tertiary alicyclic amines) is 1. The van der Waals surface area contributed by atoms with Crippen molar-refractivity contribution >= 4 is 5.91 Å². The number of hydrogen-bond acceptors (Lipinski definition) is 2. The number of carbonyl (C=O) groups is 1. The minimum Gasteiger partial charge on any atom is -0.336 e. The van der Waals surface area contributed by atoms with Gasteiger partial charge in [-0.25, -0.2) is 0 Å². The van der Waals surface area contributed by atoms with Crippen LogP contribution in [0.2, 0.25) is 0 Å². The number of hydrogen-bond donors (Lipinski definition) is 1. The number of rotatable bonds is 0. The summed E-state index contributed by atoms with van der Waals surface area (Å²) < 4.78 is 0. The van der Waals surface area contributed by atoms with Crippen LogP contribution in [0.4, 0.5) is 0 Å². The molecular weight excluding hydrogens is 164 g/mol. The van der Waals surface area contributed by atoms with Crippen molar-refractivity contribution in [3.05, 3.63) is 0 Å². The van der Waals surface area contributed by atoms with Crippen molar-refractivity contribution in [3.63, 3.8) is 0 Å². The molecular formula is C10H18N2O. The molecule has 2 heterocycles. The predicted octanol–water partition coefficient (Wildman–Crippen LogP) is 0.751. The van der Waals surface area contributed by atoms with Gasteiger partial charge >= 0.3 is 0 Å². The minimum atomic E-state index is 0.185. The molecule has 1 atom stereocenters. The lowest BCUT2D eigenvalue weighted by Crippen LogP contribution is -2.55. The molecule has 1 spiro atoms. The third kappa shape index (κ3) is 1.46. The predicted molar refractivity (Wildman–Crippen MR) is 51.5 cm³/mol. The first kappa shape index (κ1) is 9.00. The van der Waals surface area contributed by atoms with Crippen LogP contribution < -0.4 is 5.32 Å². The molecule has 2 aliphatic heterocycles. The SMILES string of the molecule is CC(=O)N1CCCC[C@@]12CCNC2. The lowest BCUT2D eigenvalue weighted by atomic mass is 9.86. The smallest absolute Gasteiger partial charge is 0.219 e. The fraction of sp³-hybridized carbons (Fsp3) is 0.900. The zero-order valence-corrected chi connectivity index (χ0v) is 8.31. The Labute approximate surface area is 79.5 Å². The first-order valence-electron chi connectivity index (χ1n) is 5.24. The Morgan fingerprint density at radius 3 is 2.85 bits per heavy atom. The van der Waals surface area contributed by atoms with Crippen LogP contribution in [-0.4, -0.2) is 36.0 Å². The summed E-state index contributed by atoms with van der Waals surface area (Å²) >= 11 is 0. The van der Waals surface area contributed by atoms with E-state index in [-0.39, 0.29) is 11.4 Å². The lowest BCUT2D eigenvalue weighted by molar-refractivity contribution is -0.136. The summed E-state index contributed by atoms with van der Waals surface area (Å²) in [4.78, 5) is 13.6. The molecule has 0 aliphatic carbocycles. The van der Waals surface area contributed by atoms with Crippen LogP contribution in [0.25, 0.3) is 0 Å². The van der Waals surface area contributed by atoms with E-state index in [1.165, 1.54) is 19.3 Å². The summed E-state index contributed by atoms with van der Waals surface area (Å²) in [7, 11) is 0. The molecule has 3 nitrogen and oxygen atoms in total. The monoisotopic (exact) mass is 182 g/mol. The van der Waals surface area contributed by atoms with Crippen LogP contribution in [0.1, 0.15) is 32.6 Å². The van der Waals surface area contributed by atoms with Gasteiger partial charge in [-0.05, 0) is 32.2 Å². The van der Waals surface area contributed by atoms with Gasteiger partial charge in [0.05, 0.1) is 5.54 Å². The molecule has 0 aromatic carbocycles. The Bertz CT molecular complexity index is 209. The fourth-order valence-corrected chi connectivity index (χ4v) is 2.76. The highest BCUT2D eigenvalue weighted by atomic mass is 16.2. The Morgan fingerprint density at radius 2 is 2.23 bits per heavy atom. The first-order valence-corrected chi connectivity index (χ1v) is 5.24. The zero-order valence-electron chi connectivity index (χ0n) is 8.31. The molecule has 0 unspecified atom stereocenters. The van der Waals surface area contributed by atoms with Crippen LogP contribution in [0.3, 0.4) is 0 Å². The fourth-order valence-electron chi connectivity index (χ4n) is 2.76. The van der Waals surface area contributed by atoms with Crippen molar-refractivity contribution in [2.45, 2.75) is 38.1 Å². The molecule has 1 amide bonds. The van der Waals surface area contributed by atoms with Crippen molar-refractivity contribution < 1.29 is 4.79 Å². The topological polar surface area (TPSA) is 32.3 Å². The number of carbonyl (C=O) groups excluding carboxylic acids is 1. The molecule has 13 heavy (non-hydrogen) atoms. The molecule has 2 saturated heterocycles. The first-order chi connectivity index (χ1) is 6.25. The second-order valence-corrected chi connectivity index (χ2v) is 4.28. The molecule has 0 aromatic heterocycles. The largest absolute Gasteiger partial charge is 0.336 e. The van der Waals surface area contributed by atoms with Gasteiger partial charge < -0.3 is 10.2 Å². The van der Waals surface area contributed by atoms with Gasteiger partial charge in [-0.15, -0.1) is 0 Å². The van der Waals surface area contributed by atoms with Gasteiger partial charge in [0, 0.05) is 20.0 Å². The molecule has 2 fully saturated rings. The van der Waals surface area contributed by atoms with Crippen LogP contribution in [0.5, 0.6) is 0 Å². The van der Waals surface area contributed by atoms with Crippen LogP contribution in [0.15, 0.2) is 0 Å². The Morgan fingerprint density at radius 1 is 1.38 bits per heavy atom. The summed E-state index contributed by atoms with van der Waals surface area (Å²) in [5.74, 6) is 0.253. The number of amides is 1. The van der Waals surface area contributed by atoms with Crippen molar-refractivity contribution in [1.29, 1.82) is 0 Å². The Kier molecular flexibility index (Phi) is 2.28. The number of nitrogens with zero attached hydrogens (tertiary/aromatic N) is 1. The van der Waals surface area contributed by atoms with Crippen LogP contribution in [-0.2, 0) is 4.79 Å². The third-order valence-electron chi connectivity index (χ3n) is 3.45. The van der Waals surface area contributed by atoms with Gasteiger partial charge in [0.1, 0.15) is 0 Å². The van der Waals surface area contributed by atoms with Crippen molar-refractivity contribution in [3.8, 4) is 0 Å². The minimum absolute atomic E-state index is 0.185.